The summed E-state index contributed by atoms with van der Waals surface area (Å²) in [5.41, 5.74) is 3.78. The predicted molar refractivity (Wildman–Crippen MR) is 84.7 cm³/mol. The summed E-state index contributed by atoms with van der Waals surface area (Å²) in [6.07, 6.45) is 5.29. The van der Waals surface area contributed by atoms with E-state index in [1.165, 1.54) is 55.4 Å². The highest BCUT2D eigenvalue weighted by Crippen LogP contribution is 2.37. The molecule has 106 valence electrons. The summed E-state index contributed by atoms with van der Waals surface area (Å²) in [7, 11) is 0. The van der Waals surface area contributed by atoms with Gasteiger partial charge in [0.1, 0.15) is 0 Å². The number of nitrogens with zero attached hydrogens (tertiary/aromatic N) is 2. The van der Waals surface area contributed by atoms with E-state index in [9.17, 15) is 0 Å². The van der Waals surface area contributed by atoms with Crippen molar-refractivity contribution >= 4 is 23.3 Å². The lowest BCUT2D eigenvalue weighted by Crippen LogP contribution is -2.37. The highest BCUT2D eigenvalue weighted by molar-refractivity contribution is 7.71. The van der Waals surface area contributed by atoms with E-state index in [1.807, 2.05) is 0 Å². The minimum atomic E-state index is 0.554. The number of para-hydroxylation sites is 1. The van der Waals surface area contributed by atoms with Crippen LogP contribution in [-0.2, 0) is 0 Å². The molecular formula is C16H21N3S. The number of fused-ring (bicyclic) bond motifs is 2. The van der Waals surface area contributed by atoms with Crippen molar-refractivity contribution in [3.05, 3.63) is 28.5 Å². The van der Waals surface area contributed by atoms with Crippen LogP contribution in [0.15, 0.2) is 18.2 Å². The van der Waals surface area contributed by atoms with Crippen LogP contribution in [0.1, 0.15) is 37.3 Å². The third-order valence-corrected chi connectivity index (χ3v) is 5.41. The van der Waals surface area contributed by atoms with E-state index in [2.05, 4.69) is 39.6 Å². The van der Waals surface area contributed by atoms with Crippen molar-refractivity contribution in [3.8, 4) is 0 Å². The lowest BCUT2D eigenvalue weighted by molar-refractivity contribution is 0.174. The Balaban J connectivity index is 1.84. The van der Waals surface area contributed by atoms with Crippen LogP contribution in [0.5, 0.6) is 0 Å². The predicted octanol–water partition coefficient (Wildman–Crippen LogP) is 3.81. The zero-order valence-electron chi connectivity index (χ0n) is 11.9. The SMILES string of the molecule is Cc1cccc2c1[nH]c(=S)n2C1CCN2CCCCC12. The number of aromatic nitrogens is 2. The third-order valence-electron chi connectivity index (χ3n) is 5.11. The standard InChI is InChI=1S/C16H21N3S/c1-11-5-4-7-14-15(11)17-16(20)19(14)13-8-10-18-9-3-2-6-12(13)18/h4-5,7,12-13H,2-3,6,8-10H2,1H3,(H,17,20). The molecule has 4 rings (SSSR count). The molecule has 3 nitrogen and oxygen atoms in total. The first-order valence-electron chi connectivity index (χ1n) is 7.69. The van der Waals surface area contributed by atoms with Gasteiger partial charge in [0.25, 0.3) is 0 Å². The second-order valence-electron chi connectivity index (χ2n) is 6.22. The van der Waals surface area contributed by atoms with E-state index in [0.717, 1.165) is 4.77 Å². The molecule has 0 saturated carbocycles. The maximum atomic E-state index is 5.63. The fourth-order valence-electron chi connectivity index (χ4n) is 4.14. The number of nitrogens with one attached hydrogen (secondary N) is 1. The Bertz CT molecular complexity index is 699. The largest absolute Gasteiger partial charge is 0.330 e. The summed E-state index contributed by atoms with van der Waals surface area (Å²) in [6.45, 7) is 4.66. The summed E-state index contributed by atoms with van der Waals surface area (Å²) >= 11 is 5.63. The first-order valence-corrected chi connectivity index (χ1v) is 8.10. The minimum absolute atomic E-state index is 0.554. The van der Waals surface area contributed by atoms with Crippen LogP contribution in [0.2, 0.25) is 0 Å². The number of hydrogen-bond acceptors (Lipinski definition) is 2. The zero-order chi connectivity index (χ0) is 13.7. The van der Waals surface area contributed by atoms with Gasteiger partial charge in [-0.05, 0) is 56.6 Å². The van der Waals surface area contributed by atoms with Crippen LogP contribution in [-0.4, -0.2) is 33.6 Å². The number of rotatable bonds is 1. The summed E-state index contributed by atoms with van der Waals surface area (Å²) in [5.74, 6) is 0. The summed E-state index contributed by atoms with van der Waals surface area (Å²) < 4.78 is 3.29. The maximum Gasteiger partial charge on any atom is 0.178 e. The molecule has 0 spiro atoms. The average Bonchev–Trinajstić information content (AvgIpc) is 3.00. The number of piperidine rings is 1. The highest BCUT2D eigenvalue weighted by atomic mass is 32.1. The molecule has 1 aromatic carbocycles. The summed E-state index contributed by atoms with van der Waals surface area (Å²) in [4.78, 5) is 6.10. The van der Waals surface area contributed by atoms with Gasteiger partial charge in [0.05, 0.1) is 17.1 Å². The smallest absolute Gasteiger partial charge is 0.178 e. The van der Waals surface area contributed by atoms with Crippen LogP contribution in [0.25, 0.3) is 11.0 Å². The number of hydrogen-bond donors (Lipinski definition) is 1. The molecular weight excluding hydrogens is 266 g/mol. The number of aryl methyl sites for hydroxylation is 1. The molecule has 20 heavy (non-hydrogen) atoms. The van der Waals surface area contributed by atoms with E-state index in [0.29, 0.717) is 12.1 Å². The summed E-state index contributed by atoms with van der Waals surface area (Å²) in [5, 5.41) is 0. The van der Waals surface area contributed by atoms with Crippen LogP contribution < -0.4 is 0 Å². The van der Waals surface area contributed by atoms with Gasteiger partial charge in [0.15, 0.2) is 4.77 Å². The molecule has 2 unspecified atom stereocenters. The Labute approximate surface area is 124 Å². The van der Waals surface area contributed by atoms with Crippen molar-refractivity contribution in [1.29, 1.82) is 0 Å². The molecule has 2 aromatic rings. The quantitative estimate of drug-likeness (QED) is 0.807. The fraction of sp³-hybridized carbons (Fsp3) is 0.562. The van der Waals surface area contributed by atoms with Crippen LogP contribution >= 0.6 is 12.2 Å². The molecule has 2 atom stereocenters. The van der Waals surface area contributed by atoms with Gasteiger partial charge in [-0.25, -0.2) is 0 Å². The Morgan fingerprint density at radius 1 is 1.15 bits per heavy atom. The molecule has 3 heterocycles. The van der Waals surface area contributed by atoms with Crippen molar-refractivity contribution in [1.82, 2.24) is 14.5 Å². The second kappa shape index (κ2) is 4.71. The van der Waals surface area contributed by atoms with Crippen molar-refractivity contribution in [2.45, 2.75) is 44.7 Å². The van der Waals surface area contributed by atoms with E-state index in [4.69, 9.17) is 12.2 Å². The van der Waals surface area contributed by atoms with Gasteiger partial charge in [-0.15, -0.1) is 0 Å². The van der Waals surface area contributed by atoms with E-state index in [-0.39, 0.29) is 0 Å². The third kappa shape index (κ3) is 1.78. The van der Waals surface area contributed by atoms with Crippen molar-refractivity contribution in [2.24, 2.45) is 0 Å². The number of benzene rings is 1. The van der Waals surface area contributed by atoms with Crippen LogP contribution in [0, 0.1) is 11.7 Å². The van der Waals surface area contributed by atoms with E-state index < -0.39 is 0 Å². The molecule has 0 radical (unpaired) electrons. The monoisotopic (exact) mass is 287 g/mol. The van der Waals surface area contributed by atoms with Gasteiger partial charge in [0, 0.05) is 12.6 Å². The van der Waals surface area contributed by atoms with Gasteiger partial charge < -0.3 is 9.55 Å². The number of imidazole rings is 1. The van der Waals surface area contributed by atoms with Gasteiger partial charge in [-0.3, -0.25) is 4.90 Å². The molecule has 1 aromatic heterocycles. The van der Waals surface area contributed by atoms with Gasteiger partial charge >= 0.3 is 0 Å². The lowest BCUT2D eigenvalue weighted by atomic mass is 9.99. The number of H-pyrrole nitrogens is 1. The molecule has 0 aliphatic carbocycles. The molecule has 2 saturated heterocycles. The van der Waals surface area contributed by atoms with E-state index >= 15 is 0 Å². The first-order chi connectivity index (χ1) is 9.75. The van der Waals surface area contributed by atoms with Crippen LogP contribution in [0.4, 0.5) is 0 Å². The lowest BCUT2D eigenvalue weighted by Gasteiger charge is -2.33. The fourth-order valence-corrected chi connectivity index (χ4v) is 4.48. The molecule has 2 aliphatic rings. The zero-order valence-corrected chi connectivity index (χ0v) is 12.7. The molecule has 2 fully saturated rings. The molecule has 0 bridgehead atoms. The average molecular weight is 287 g/mol. The Hall–Kier alpha value is -1.13. The van der Waals surface area contributed by atoms with Crippen LogP contribution in [0.3, 0.4) is 0 Å². The highest BCUT2D eigenvalue weighted by Gasteiger charge is 2.37. The Morgan fingerprint density at radius 2 is 2.05 bits per heavy atom. The first kappa shape index (κ1) is 12.6. The summed E-state index contributed by atoms with van der Waals surface area (Å²) in [6, 6.07) is 7.75. The Morgan fingerprint density at radius 3 is 2.95 bits per heavy atom. The minimum Gasteiger partial charge on any atom is -0.330 e. The molecule has 4 heteroatoms. The normalized spacial score (nSPS) is 27.1. The molecule has 2 aliphatic heterocycles. The Kier molecular flexibility index (Phi) is 2.97. The van der Waals surface area contributed by atoms with E-state index in [1.54, 1.807) is 0 Å². The van der Waals surface area contributed by atoms with Crippen molar-refractivity contribution < 1.29 is 0 Å². The maximum absolute atomic E-state index is 5.63. The molecule has 1 N–H and O–H groups in total. The van der Waals surface area contributed by atoms with Gasteiger partial charge in [0.2, 0.25) is 0 Å². The van der Waals surface area contributed by atoms with Gasteiger partial charge in [-0.2, -0.15) is 0 Å². The topological polar surface area (TPSA) is 24.0 Å². The molecule has 0 amide bonds. The second-order valence-corrected chi connectivity index (χ2v) is 6.61. The van der Waals surface area contributed by atoms with Gasteiger partial charge in [-0.1, -0.05) is 18.6 Å². The van der Waals surface area contributed by atoms with Crippen molar-refractivity contribution in [3.63, 3.8) is 0 Å². The van der Waals surface area contributed by atoms with Crippen molar-refractivity contribution in [2.75, 3.05) is 13.1 Å². The number of aromatic amines is 1.